The van der Waals surface area contributed by atoms with E-state index in [0.717, 1.165) is 11.8 Å². The first-order valence-electron chi connectivity index (χ1n) is 10.5. The second-order valence-corrected chi connectivity index (χ2v) is 8.61. The zero-order valence-electron chi connectivity index (χ0n) is 18.4. The van der Waals surface area contributed by atoms with E-state index in [4.69, 9.17) is 16.3 Å². The lowest BCUT2D eigenvalue weighted by Gasteiger charge is -2.13. The normalized spacial score (nSPS) is 10.8. The Balaban J connectivity index is 1.62. The topological polar surface area (TPSA) is 116 Å². The molecule has 1 heterocycles. The van der Waals surface area contributed by atoms with Crippen molar-refractivity contribution in [1.82, 2.24) is 9.55 Å². The van der Waals surface area contributed by atoms with Gasteiger partial charge in [0.15, 0.2) is 5.16 Å². The summed E-state index contributed by atoms with van der Waals surface area (Å²) < 4.78 is 6.71. The Kier molecular flexibility index (Phi) is 7.33. The van der Waals surface area contributed by atoms with Gasteiger partial charge in [-0.3, -0.25) is 24.3 Å². The molecule has 0 saturated carbocycles. The number of fused-ring (bicyclic) bond motifs is 1. The lowest BCUT2D eigenvalue weighted by Crippen LogP contribution is -2.23. The van der Waals surface area contributed by atoms with E-state index >= 15 is 0 Å². The van der Waals surface area contributed by atoms with Gasteiger partial charge in [0.2, 0.25) is 5.91 Å². The molecule has 0 spiro atoms. The summed E-state index contributed by atoms with van der Waals surface area (Å²) in [6.45, 7) is 2.12. The Morgan fingerprint density at radius 1 is 1.17 bits per heavy atom. The summed E-state index contributed by atoms with van der Waals surface area (Å²) in [5.41, 5.74) is 0.514. The van der Waals surface area contributed by atoms with E-state index in [0.29, 0.717) is 39.1 Å². The third kappa shape index (κ3) is 5.44. The number of benzene rings is 3. The summed E-state index contributed by atoms with van der Waals surface area (Å²) in [5.74, 6) is -0.297. The highest BCUT2D eigenvalue weighted by atomic mass is 35.5. The van der Waals surface area contributed by atoms with Crippen molar-refractivity contribution < 1.29 is 14.5 Å². The van der Waals surface area contributed by atoms with Gasteiger partial charge in [0.05, 0.1) is 39.9 Å². The van der Waals surface area contributed by atoms with E-state index in [9.17, 15) is 19.7 Å². The number of para-hydroxylation sites is 1. The number of halogens is 1. The first-order chi connectivity index (χ1) is 16.9. The summed E-state index contributed by atoms with van der Waals surface area (Å²) in [6.07, 6.45) is 0. The second-order valence-electron chi connectivity index (χ2n) is 7.23. The van der Waals surface area contributed by atoms with Crippen LogP contribution in [0.15, 0.2) is 76.7 Å². The Bertz CT molecular complexity index is 1470. The largest absolute Gasteiger partial charge is 0.494 e. The molecule has 1 amide bonds. The minimum atomic E-state index is -0.589. The molecule has 1 aromatic heterocycles. The van der Waals surface area contributed by atoms with Gasteiger partial charge in [0.25, 0.3) is 11.2 Å². The molecule has 0 saturated heterocycles. The van der Waals surface area contributed by atoms with Crippen molar-refractivity contribution >= 4 is 51.5 Å². The fourth-order valence-corrected chi connectivity index (χ4v) is 4.31. The van der Waals surface area contributed by atoms with Crippen LogP contribution < -0.4 is 15.6 Å². The molecule has 4 aromatic rings. The number of carbonyl (C=O) groups is 1. The van der Waals surface area contributed by atoms with Crippen molar-refractivity contribution in [2.24, 2.45) is 0 Å². The van der Waals surface area contributed by atoms with Gasteiger partial charge >= 0.3 is 0 Å². The molecule has 0 aliphatic carbocycles. The van der Waals surface area contributed by atoms with Gasteiger partial charge in [-0.15, -0.1) is 0 Å². The molecule has 0 radical (unpaired) electrons. The number of nitro benzene ring substituents is 1. The van der Waals surface area contributed by atoms with Gasteiger partial charge in [-0.1, -0.05) is 35.5 Å². The minimum absolute atomic E-state index is 0.0469. The van der Waals surface area contributed by atoms with E-state index in [1.165, 1.54) is 16.7 Å². The number of thioether (sulfide) groups is 1. The van der Waals surface area contributed by atoms with Crippen molar-refractivity contribution in [3.05, 3.63) is 92.2 Å². The molecule has 0 bridgehead atoms. The predicted molar refractivity (Wildman–Crippen MR) is 136 cm³/mol. The summed E-state index contributed by atoms with van der Waals surface area (Å²) in [7, 11) is 0. The van der Waals surface area contributed by atoms with Crippen LogP contribution in [0, 0.1) is 10.1 Å². The summed E-state index contributed by atoms with van der Waals surface area (Å²) in [4.78, 5) is 41.4. The molecule has 4 rings (SSSR count). The molecule has 9 nitrogen and oxygen atoms in total. The maximum Gasteiger partial charge on any atom is 0.296 e. The van der Waals surface area contributed by atoms with Crippen molar-refractivity contribution in [3.8, 4) is 11.4 Å². The SMILES string of the molecule is CCOc1ccc(NC(=O)CSc2nc3ccccc3c(=O)n2-c2ccc(Cl)cc2)c([N+](=O)[O-])c1. The molecule has 0 aliphatic rings. The minimum Gasteiger partial charge on any atom is -0.494 e. The molecular weight excluding hydrogens is 492 g/mol. The van der Waals surface area contributed by atoms with E-state index < -0.39 is 10.8 Å². The maximum atomic E-state index is 13.3. The molecule has 0 atom stereocenters. The lowest BCUT2D eigenvalue weighted by molar-refractivity contribution is -0.384. The van der Waals surface area contributed by atoms with Crippen LogP contribution in [0.3, 0.4) is 0 Å². The third-order valence-corrected chi connectivity index (χ3v) is 6.10. The third-order valence-electron chi connectivity index (χ3n) is 4.91. The number of nitrogens with zero attached hydrogens (tertiary/aromatic N) is 3. The number of amides is 1. The molecule has 35 heavy (non-hydrogen) atoms. The molecule has 1 N–H and O–H groups in total. The fraction of sp³-hybridized carbons (Fsp3) is 0.125. The number of hydrogen-bond acceptors (Lipinski definition) is 7. The van der Waals surface area contributed by atoms with E-state index in [1.807, 2.05) is 0 Å². The van der Waals surface area contributed by atoms with Crippen molar-refractivity contribution in [1.29, 1.82) is 0 Å². The Labute approximate surface area is 208 Å². The van der Waals surface area contributed by atoms with Gasteiger partial charge < -0.3 is 10.1 Å². The maximum absolute atomic E-state index is 13.3. The van der Waals surface area contributed by atoms with Gasteiger partial charge in [0.1, 0.15) is 11.4 Å². The van der Waals surface area contributed by atoms with Gasteiger partial charge in [-0.2, -0.15) is 0 Å². The molecule has 0 aliphatic heterocycles. The first kappa shape index (κ1) is 24.2. The smallest absolute Gasteiger partial charge is 0.296 e. The zero-order chi connectivity index (χ0) is 24.9. The predicted octanol–water partition coefficient (Wildman–Crippen LogP) is 5.08. The summed E-state index contributed by atoms with van der Waals surface area (Å²) in [6, 6.07) is 17.8. The fourth-order valence-electron chi connectivity index (χ4n) is 3.37. The summed E-state index contributed by atoms with van der Waals surface area (Å²) >= 11 is 7.04. The monoisotopic (exact) mass is 510 g/mol. The van der Waals surface area contributed by atoms with Crippen LogP contribution in [0.25, 0.3) is 16.6 Å². The van der Waals surface area contributed by atoms with E-state index in [2.05, 4.69) is 10.3 Å². The van der Waals surface area contributed by atoms with Crippen LogP contribution in [0.2, 0.25) is 5.02 Å². The van der Waals surface area contributed by atoms with Crippen molar-refractivity contribution in [3.63, 3.8) is 0 Å². The number of ether oxygens (including phenoxy) is 1. The molecule has 178 valence electrons. The second kappa shape index (κ2) is 10.6. The Hall–Kier alpha value is -3.89. The number of carbonyl (C=O) groups excluding carboxylic acids is 1. The molecule has 0 fully saturated rings. The average Bonchev–Trinajstić information content (AvgIpc) is 2.84. The quantitative estimate of drug-likeness (QED) is 0.152. The zero-order valence-corrected chi connectivity index (χ0v) is 20.0. The van der Waals surface area contributed by atoms with Crippen LogP contribution in [0.4, 0.5) is 11.4 Å². The average molecular weight is 511 g/mol. The number of hydrogen-bond donors (Lipinski definition) is 1. The molecular formula is C24H19ClN4O5S. The van der Waals surface area contributed by atoms with E-state index in [1.54, 1.807) is 61.5 Å². The summed E-state index contributed by atoms with van der Waals surface area (Å²) in [5, 5.41) is 15.3. The van der Waals surface area contributed by atoms with Crippen LogP contribution >= 0.6 is 23.4 Å². The molecule has 11 heteroatoms. The van der Waals surface area contributed by atoms with Crippen LogP contribution in [0.5, 0.6) is 5.75 Å². The molecule has 3 aromatic carbocycles. The highest BCUT2D eigenvalue weighted by Crippen LogP contribution is 2.30. The van der Waals surface area contributed by atoms with Crippen LogP contribution in [-0.2, 0) is 4.79 Å². The number of aromatic nitrogens is 2. The first-order valence-corrected chi connectivity index (χ1v) is 11.9. The Morgan fingerprint density at radius 3 is 2.63 bits per heavy atom. The van der Waals surface area contributed by atoms with Gasteiger partial charge in [-0.05, 0) is 55.5 Å². The van der Waals surface area contributed by atoms with Crippen LogP contribution in [-0.4, -0.2) is 32.7 Å². The number of anilines is 1. The lowest BCUT2D eigenvalue weighted by atomic mass is 10.2. The standard InChI is InChI=1S/C24H19ClN4O5S/c1-2-34-17-11-12-20(21(13-17)29(32)33)26-22(30)14-35-24-27-19-6-4-3-5-18(19)23(31)28(24)16-9-7-15(25)8-10-16/h3-13H,2,14H2,1H3,(H,26,30). The highest BCUT2D eigenvalue weighted by Gasteiger charge is 2.19. The Morgan fingerprint density at radius 2 is 1.91 bits per heavy atom. The van der Waals surface area contributed by atoms with E-state index in [-0.39, 0.29) is 22.7 Å². The number of rotatable bonds is 8. The number of nitrogens with one attached hydrogen (secondary N) is 1. The molecule has 0 unspecified atom stereocenters. The number of nitro groups is 1. The van der Waals surface area contributed by atoms with Gasteiger partial charge in [-0.25, -0.2) is 4.98 Å². The van der Waals surface area contributed by atoms with Crippen molar-refractivity contribution in [2.45, 2.75) is 12.1 Å². The van der Waals surface area contributed by atoms with Gasteiger partial charge in [0, 0.05) is 5.02 Å². The van der Waals surface area contributed by atoms with Crippen LogP contribution in [0.1, 0.15) is 6.92 Å². The van der Waals surface area contributed by atoms with Crippen molar-refractivity contribution in [2.75, 3.05) is 17.7 Å². The highest BCUT2D eigenvalue weighted by molar-refractivity contribution is 7.99.